The third-order valence-corrected chi connectivity index (χ3v) is 4.61. The third kappa shape index (κ3) is 6.72. The average molecular weight is 417 g/mol. The first-order chi connectivity index (χ1) is 12.9. The van der Waals surface area contributed by atoms with E-state index >= 15 is 0 Å². The van der Waals surface area contributed by atoms with E-state index in [0.717, 1.165) is 12.0 Å². The van der Waals surface area contributed by atoms with E-state index in [1.165, 1.54) is 12.0 Å². The van der Waals surface area contributed by atoms with Crippen LogP contribution in [-0.2, 0) is 20.7 Å². The number of carbonyl (C=O) groups excluding carboxylic acids is 2. The maximum absolute atomic E-state index is 12.2. The van der Waals surface area contributed by atoms with Crippen LogP contribution in [-0.4, -0.2) is 55.2 Å². The summed E-state index contributed by atoms with van der Waals surface area (Å²) in [6.45, 7) is 5.18. The van der Waals surface area contributed by atoms with Crippen molar-refractivity contribution >= 4 is 35.0 Å². The van der Waals surface area contributed by atoms with Crippen LogP contribution in [0.4, 0.5) is 0 Å². The number of aliphatic hydroxyl groups excluding tert-OH is 1. The smallest absolute Gasteiger partial charge is 0.289 e. The van der Waals surface area contributed by atoms with Crippen LogP contribution in [0.2, 0.25) is 10.0 Å². The average Bonchev–Trinajstić information content (AvgIpc) is 2.96. The van der Waals surface area contributed by atoms with E-state index in [1.807, 2.05) is 19.9 Å². The standard InChI is InChI=1S/C17H20Cl2N2O4.C2H6/c1-25-8-7-21-10-12(15(22)17(21)24)16(23)20-6-2-3-11-4-5-13(18)14(19)9-11;1-2/h4-5,9,22H,2-3,6-8,10H2,1H3,(H,20,23);1-2H3. The molecule has 2 N–H and O–H groups in total. The first kappa shape index (κ1) is 23.3. The number of nitrogens with zero attached hydrogens (tertiary/aromatic N) is 1. The Balaban J connectivity index is 0.00000176. The molecule has 1 aromatic rings. The predicted octanol–water partition coefficient (Wildman–Crippen LogP) is 3.37. The second-order valence-electron chi connectivity index (χ2n) is 5.65. The zero-order valence-electron chi connectivity index (χ0n) is 15.8. The van der Waals surface area contributed by atoms with Gasteiger partial charge in [-0.15, -0.1) is 0 Å². The number of aliphatic hydroxyl groups is 1. The maximum Gasteiger partial charge on any atom is 0.289 e. The van der Waals surface area contributed by atoms with Crippen LogP contribution >= 0.6 is 23.2 Å². The fraction of sp³-hybridized carbons (Fsp3) is 0.474. The van der Waals surface area contributed by atoms with Gasteiger partial charge in [0.15, 0.2) is 5.76 Å². The normalized spacial score (nSPS) is 13.5. The van der Waals surface area contributed by atoms with Crippen molar-refractivity contribution in [2.75, 3.05) is 33.4 Å². The van der Waals surface area contributed by atoms with Crippen LogP contribution in [0.5, 0.6) is 0 Å². The van der Waals surface area contributed by atoms with Crippen molar-refractivity contribution in [3.8, 4) is 0 Å². The predicted molar refractivity (Wildman–Crippen MR) is 107 cm³/mol. The Morgan fingerprint density at radius 3 is 2.63 bits per heavy atom. The molecule has 27 heavy (non-hydrogen) atoms. The number of rotatable bonds is 8. The van der Waals surface area contributed by atoms with Crippen LogP contribution in [0.1, 0.15) is 25.8 Å². The fourth-order valence-electron chi connectivity index (χ4n) is 2.47. The summed E-state index contributed by atoms with van der Waals surface area (Å²) in [5.41, 5.74) is 1.11. The van der Waals surface area contributed by atoms with E-state index in [4.69, 9.17) is 27.9 Å². The van der Waals surface area contributed by atoms with Gasteiger partial charge in [-0.2, -0.15) is 0 Å². The number of halogens is 2. The van der Waals surface area contributed by atoms with Crippen LogP contribution in [0.15, 0.2) is 29.5 Å². The summed E-state index contributed by atoms with van der Waals surface area (Å²) < 4.78 is 4.91. The van der Waals surface area contributed by atoms with Gasteiger partial charge in [0.25, 0.3) is 11.8 Å². The molecule has 150 valence electrons. The summed E-state index contributed by atoms with van der Waals surface area (Å²) in [4.78, 5) is 25.4. The summed E-state index contributed by atoms with van der Waals surface area (Å²) in [7, 11) is 1.52. The quantitative estimate of drug-likeness (QED) is 0.636. The van der Waals surface area contributed by atoms with Crippen LogP contribution in [0, 0.1) is 0 Å². The molecule has 0 unspecified atom stereocenters. The van der Waals surface area contributed by atoms with Crippen molar-refractivity contribution in [2.24, 2.45) is 0 Å². The zero-order valence-corrected chi connectivity index (χ0v) is 17.4. The molecule has 8 heteroatoms. The van der Waals surface area contributed by atoms with Crippen molar-refractivity contribution in [3.05, 3.63) is 45.1 Å². The number of methoxy groups -OCH3 is 1. The van der Waals surface area contributed by atoms with Crippen LogP contribution < -0.4 is 5.32 Å². The molecule has 0 saturated heterocycles. The number of nitrogens with one attached hydrogen (secondary N) is 1. The van der Waals surface area contributed by atoms with E-state index in [1.54, 1.807) is 12.1 Å². The molecule has 1 aromatic carbocycles. The van der Waals surface area contributed by atoms with Gasteiger partial charge in [-0.05, 0) is 30.5 Å². The van der Waals surface area contributed by atoms with E-state index in [0.29, 0.717) is 36.2 Å². The SMILES string of the molecule is CC.COCCN1CC(C(=O)NCCCc2ccc(Cl)c(Cl)c2)=C(O)C1=O. The molecule has 0 aromatic heterocycles. The first-order valence-corrected chi connectivity index (χ1v) is 9.62. The van der Waals surface area contributed by atoms with Gasteiger partial charge in [0, 0.05) is 20.2 Å². The lowest BCUT2D eigenvalue weighted by molar-refractivity contribution is -0.128. The Bertz CT molecular complexity index is 692. The molecule has 0 aliphatic carbocycles. The molecule has 1 heterocycles. The van der Waals surface area contributed by atoms with Gasteiger partial charge in [0.05, 0.1) is 28.8 Å². The van der Waals surface area contributed by atoms with E-state index in [2.05, 4.69) is 5.32 Å². The van der Waals surface area contributed by atoms with Crippen molar-refractivity contribution in [3.63, 3.8) is 0 Å². The molecule has 0 radical (unpaired) electrons. The molecular weight excluding hydrogens is 391 g/mol. The number of ether oxygens (including phenoxy) is 1. The Morgan fingerprint density at radius 2 is 2.00 bits per heavy atom. The van der Waals surface area contributed by atoms with Gasteiger partial charge in [-0.3, -0.25) is 9.59 Å². The molecule has 0 fully saturated rings. The lowest BCUT2D eigenvalue weighted by atomic mass is 10.1. The van der Waals surface area contributed by atoms with E-state index in [9.17, 15) is 14.7 Å². The van der Waals surface area contributed by atoms with Crippen LogP contribution in [0.25, 0.3) is 0 Å². The highest BCUT2D eigenvalue weighted by molar-refractivity contribution is 6.42. The van der Waals surface area contributed by atoms with E-state index in [-0.39, 0.29) is 12.1 Å². The van der Waals surface area contributed by atoms with Gasteiger partial charge in [0.2, 0.25) is 0 Å². The topological polar surface area (TPSA) is 78.9 Å². The number of carbonyl (C=O) groups is 2. The monoisotopic (exact) mass is 416 g/mol. The van der Waals surface area contributed by atoms with Crippen LogP contribution in [0.3, 0.4) is 0 Å². The van der Waals surface area contributed by atoms with Gasteiger partial charge < -0.3 is 20.1 Å². The minimum absolute atomic E-state index is 0.0899. The highest BCUT2D eigenvalue weighted by Gasteiger charge is 2.33. The molecular formula is C19H26Cl2N2O4. The highest BCUT2D eigenvalue weighted by atomic mass is 35.5. The maximum atomic E-state index is 12.2. The number of benzene rings is 1. The van der Waals surface area contributed by atoms with E-state index < -0.39 is 17.6 Å². The Labute approximate surface area is 170 Å². The fourth-order valence-corrected chi connectivity index (χ4v) is 2.79. The first-order valence-electron chi connectivity index (χ1n) is 8.86. The lowest BCUT2D eigenvalue weighted by Gasteiger charge is -2.15. The van der Waals surface area contributed by atoms with Crippen molar-refractivity contribution < 1.29 is 19.4 Å². The molecule has 0 bridgehead atoms. The summed E-state index contributed by atoms with van der Waals surface area (Å²) in [5, 5.41) is 13.6. The van der Waals surface area contributed by atoms with Crippen molar-refractivity contribution in [1.29, 1.82) is 0 Å². The summed E-state index contributed by atoms with van der Waals surface area (Å²) in [5.74, 6) is -1.46. The third-order valence-electron chi connectivity index (χ3n) is 3.88. The molecule has 0 spiro atoms. The van der Waals surface area contributed by atoms with Crippen molar-refractivity contribution in [2.45, 2.75) is 26.7 Å². The molecule has 2 amide bonds. The summed E-state index contributed by atoms with van der Waals surface area (Å²) >= 11 is 11.8. The highest BCUT2D eigenvalue weighted by Crippen LogP contribution is 2.23. The van der Waals surface area contributed by atoms with Gasteiger partial charge in [-0.1, -0.05) is 43.1 Å². The Morgan fingerprint density at radius 1 is 1.30 bits per heavy atom. The van der Waals surface area contributed by atoms with Gasteiger partial charge in [-0.25, -0.2) is 0 Å². The van der Waals surface area contributed by atoms with Crippen molar-refractivity contribution in [1.82, 2.24) is 10.2 Å². The number of amides is 2. The molecule has 0 atom stereocenters. The Hall–Kier alpha value is -1.76. The summed E-state index contributed by atoms with van der Waals surface area (Å²) in [6.07, 6.45) is 1.42. The largest absolute Gasteiger partial charge is 0.503 e. The van der Waals surface area contributed by atoms with Gasteiger partial charge in [0.1, 0.15) is 0 Å². The molecule has 1 aliphatic rings. The molecule has 6 nitrogen and oxygen atoms in total. The van der Waals surface area contributed by atoms with Gasteiger partial charge >= 0.3 is 0 Å². The molecule has 2 rings (SSSR count). The number of hydrogen-bond acceptors (Lipinski definition) is 4. The zero-order chi connectivity index (χ0) is 20.4. The number of hydrogen-bond donors (Lipinski definition) is 2. The summed E-state index contributed by atoms with van der Waals surface area (Å²) in [6, 6.07) is 5.41. The molecule has 0 saturated carbocycles. The second kappa shape index (κ2) is 11.8. The molecule has 1 aliphatic heterocycles. The second-order valence-corrected chi connectivity index (χ2v) is 6.47. The minimum atomic E-state index is -0.544. The number of aryl methyl sites for hydroxylation is 1. The Kier molecular flexibility index (Phi) is 10.2. The minimum Gasteiger partial charge on any atom is -0.503 e. The lowest BCUT2D eigenvalue weighted by Crippen LogP contribution is -2.32.